The van der Waals surface area contributed by atoms with Crippen molar-refractivity contribution >= 4 is 76.0 Å². The van der Waals surface area contributed by atoms with E-state index in [0.717, 1.165) is 0 Å². The number of primary amides is 1. The minimum atomic E-state index is -1.22. The molecule has 4 atom stereocenters. The fourth-order valence-electron chi connectivity index (χ4n) is 8.46. The molecule has 4 aromatic rings. The summed E-state index contributed by atoms with van der Waals surface area (Å²) in [6, 6.07) is 12.9. The zero-order chi connectivity index (χ0) is 61.0. The number of unbranched alkanes of at least 4 members (excludes halogenated alkanes) is 3. The average Bonchev–Trinajstić information content (AvgIpc) is 3.54. The number of anilines is 4. The van der Waals surface area contributed by atoms with Gasteiger partial charge in [-0.2, -0.15) is 0 Å². The summed E-state index contributed by atoms with van der Waals surface area (Å²) in [5, 5.41) is 29.4. The summed E-state index contributed by atoms with van der Waals surface area (Å²) in [7, 11) is 5.39. The SMILES string of the molecule is COc1ccc(NC(=O)[C@@H](CCCCN)NC(=O)c2cc(NC(=O)[C@@H](CCCCN)NC(=O)c3cc(NC(=O)[C@@H](CCCNC(=N)N)NC(=O)c4cc(NC(=O)[C@H](N)CCCCN)ccc4OC)ccc3OC)ccc2OC)cc1C(N)=O. The van der Waals surface area contributed by atoms with Crippen molar-refractivity contribution in [2.24, 2.45) is 34.4 Å². The highest BCUT2D eigenvalue weighted by Gasteiger charge is 2.29. The van der Waals surface area contributed by atoms with E-state index < -0.39 is 71.4 Å². The van der Waals surface area contributed by atoms with Crippen LogP contribution >= 0.6 is 0 Å². The predicted molar refractivity (Wildman–Crippen MR) is 315 cm³/mol. The van der Waals surface area contributed by atoms with Gasteiger partial charge in [-0.05, 0) is 157 Å². The van der Waals surface area contributed by atoms with Crippen molar-refractivity contribution in [3.63, 3.8) is 0 Å². The third-order valence-corrected chi connectivity index (χ3v) is 12.9. The predicted octanol–water partition coefficient (Wildman–Crippen LogP) is 1.95. The summed E-state index contributed by atoms with van der Waals surface area (Å²) in [5.74, 6) is -5.23. The lowest BCUT2D eigenvalue weighted by molar-refractivity contribution is -0.118. The lowest BCUT2D eigenvalue weighted by Crippen LogP contribution is -2.45. The highest BCUT2D eigenvalue weighted by Crippen LogP contribution is 2.28. The van der Waals surface area contributed by atoms with Crippen LogP contribution in [0.25, 0.3) is 0 Å². The summed E-state index contributed by atoms with van der Waals surface area (Å²) < 4.78 is 21.7. The number of carbonyl (C=O) groups excluding carboxylic acids is 8. The molecular formula is C56H79N15O12. The maximum atomic E-state index is 14.3. The van der Waals surface area contributed by atoms with Crippen LogP contribution in [-0.2, 0) is 19.2 Å². The molecule has 0 bridgehead atoms. The van der Waals surface area contributed by atoms with Crippen molar-refractivity contribution in [2.75, 3.05) is 75.9 Å². The van der Waals surface area contributed by atoms with E-state index in [1.54, 1.807) is 0 Å². The molecule has 0 aliphatic rings. The molecule has 83 heavy (non-hydrogen) atoms. The summed E-state index contributed by atoms with van der Waals surface area (Å²) in [4.78, 5) is 109. The van der Waals surface area contributed by atoms with Gasteiger partial charge >= 0.3 is 0 Å². The van der Waals surface area contributed by atoms with Crippen LogP contribution in [0.5, 0.6) is 23.0 Å². The third kappa shape index (κ3) is 20.8. The highest BCUT2D eigenvalue weighted by atomic mass is 16.5. The average molecular weight is 1150 g/mol. The van der Waals surface area contributed by atoms with Crippen molar-refractivity contribution in [3.8, 4) is 23.0 Å². The molecule has 27 heteroatoms. The van der Waals surface area contributed by atoms with Gasteiger partial charge in [0, 0.05) is 29.3 Å². The topological polar surface area (TPSA) is 450 Å². The molecule has 4 aromatic carbocycles. The Morgan fingerprint density at radius 3 is 1.05 bits per heavy atom. The number of hydrogen-bond acceptors (Lipinski definition) is 17. The zero-order valence-electron chi connectivity index (χ0n) is 47.2. The second kappa shape index (κ2) is 34.3. The maximum absolute atomic E-state index is 14.3. The third-order valence-electron chi connectivity index (χ3n) is 12.9. The fraction of sp³-hybridized carbons (Fsp3) is 0.411. The van der Waals surface area contributed by atoms with E-state index in [-0.39, 0.29) is 106 Å². The first-order chi connectivity index (χ1) is 39.8. The first-order valence-electron chi connectivity index (χ1n) is 26.9. The van der Waals surface area contributed by atoms with Gasteiger partial charge in [0.05, 0.1) is 56.7 Å². The molecule has 0 radical (unpaired) electrons. The summed E-state index contributed by atoms with van der Waals surface area (Å²) in [6.07, 6.45) is 4.27. The highest BCUT2D eigenvalue weighted by molar-refractivity contribution is 6.07. The molecule has 0 aliphatic carbocycles. The Kier molecular flexibility index (Phi) is 27.5. The number of nitrogens with two attached hydrogens (primary N) is 6. The van der Waals surface area contributed by atoms with Gasteiger partial charge in [-0.1, -0.05) is 6.42 Å². The van der Waals surface area contributed by atoms with Crippen molar-refractivity contribution < 1.29 is 57.3 Å². The molecular weight excluding hydrogens is 1070 g/mol. The van der Waals surface area contributed by atoms with Crippen molar-refractivity contribution in [1.29, 1.82) is 5.41 Å². The van der Waals surface area contributed by atoms with Crippen LogP contribution in [0.4, 0.5) is 22.7 Å². The molecule has 0 aromatic heterocycles. The van der Waals surface area contributed by atoms with E-state index in [1.807, 2.05) is 0 Å². The Morgan fingerprint density at radius 1 is 0.434 bits per heavy atom. The summed E-state index contributed by atoms with van der Waals surface area (Å²) in [5.41, 5.74) is 34.8. The van der Waals surface area contributed by atoms with Gasteiger partial charge in [-0.3, -0.25) is 43.8 Å². The van der Waals surface area contributed by atoms with Crippen LogP contribution < -0.4 is 95.9 Å². The molecule has 0 fully saturated rings. The molecule has 0 spiro atoms. The molecule has 8 amide bonds. The first-order valence-corrected chi connectivity index (χ1v) is 26.9. The van der Waals surface area contributed by atoms with E-state index in [9.17, 15) is 38.4 Å². The lowest BCUT2D eigenvalue weighted by Gasteiger charge is -2.22. The smallest absolute Gasteiger partial charge is 0.255 e. The number of benzene rings is 4. The minimum absolute atomic E-state index is 0.0110. The molecule has 27 nitrogen and oxygen atoms in total. The van der Waals surface area contributed by atoms with Crippen molar-refractivity contribution in [1.82, 2.24) is 21.3 Å². The van der Waals surface area contributed by atoms with Crippen LogP contribution in [0.3, 0.4) is 0 Å². The van der Waals surface area contributed by atoms with Crippen molar-refractivity contribution in [2.45, 2.75) is 94.8 Å². The number of hydrogen-bond donors (Lipinski definition) is 15. The number of nitrogens with one attached hydrogen (secondary N) is 9. The minimum Gasteiger partial charge on any atom is -0.496 e. The van der Waals surface area contributed by atoms with Gasteiger partial charge in [0.25, 0.3) is 23.6 Å². The zero-order valence-corrected chi connectivity index (χ0v) is 47.2. The molecule has 21 N–H and O–H groups in total. The lowest BCUT2D eigenvalue weighted by atomic mass is 10.1. The number of ether oxygens (including phenoxy) is 4. The van der Waals surface area contributed by atoms with E-state index in [0.29, 0.717) is 64.6 Å². The number of guanidine groups is 1. The van der Waals surface area contributed by atoms with Crippen LogP contribution in [0.2, 0.25) is 0 Å². The van der Waals surface area contributed by atoms with Crippen molar-refractivity contribution in [3.05, 3.63) is 95.1 Å². The number of amides is 8. The molecule has 0 unspecified atom stereocenters. The monoisotopic (exact) mass is 1150 g/mol. The van der Waals surface area contributed by atoms with E-state index >= 15 is 0 Å². The Bertz CT molecular complexity index is 2910. The number of methoxy groups -OCH3 is 4. The first kappa shape index (κ1) is 66.5. The number of rotatable bonds is 35. The number of carbonyl (C=O) groups is 8. The Labute approximate surface area is 481 Å². The molecule has 0 aliphatic heterocycles. The maximum Gasteiger partial charge on any atom is 0.255 e. The van der Waals surface area contributed by atoms with Gasteiger partial charge in [0.1, 0.15) is 41.1 Å². The van der Waals surface area contributed by atoms with Crippen LogP contribution in [-0.4, -0.2) is 132 Å². The van der Waals surface area contributed by atoms with E-state index in [2.05, 4.69) is 42.5 Å². The molecule has 4 rings (SSSR count). The Hall–Kier alpha value is -9.05. The summed E-state index contributed by atoms with van der Waals surface area (Å²) >= 11 is 0. The van der Waals surface area contributed by atoms with E-state index in [4.69, 9.17) is 58.8 Å². The van der Waals surface area contributed by atoms with Gasteiger partial charge in [-0.15, -0.1) is 0 Å². The molecule has 0 heterocycles. The summed E-state index contributed by atoms with van der Waals surface area (Å²) in [6.45, 7) is 1.28. The molecule has 0 saturated carbocycles. The quantitative estimate of drug-likeness (QED) is 0.0178. The van der Waals surface area contributed by atoms with E-state index in [1.165, 1.54) is 101 Å². The second-order valence-electron chi connectivity index (χ2n) is 19.0. The largest absolute Gasteiger partial charge is 0.496 e. The van der Waals surface area contributed by atoms with Gasteiger partial charge in [0.2, 0.25) is 23.6 Å². The van der Waals surface area contributed by atoms with Gasteiger partial charge < -0.3 is 95.9 Å². The normalized spacial score (nSPS) is 12.2. The fourth-order valence-corrected chi connectivity index (χ4v) is 8.46. The van der Waals surface area contributed by atoms with Crippen LogP contribution in [0, 0.1) is 5.41 Å². The standard InChI is InChI=1S/C56H79N15O12/c1-80-44-20-16-32(28-36(44)48(61)72)66-53(77)41(13-6-9-25-58)69-49(73)38-30-34(18-22-46(38)82-3)67-54(78)42(14-7-10-26-59)70-50(74)39-31-35(19-23-47(39)83-4)68-55(79)43(15-11-27-64-56(62)63)71-51(75)37-29-33(17-21-45(37)81-2)65-52(76)40(60)12-5-8-24-57/h16-23,28-31,40-43H,5-15,24-27,57-60H2,1-4H3,(H2,61,72)(H,65,76)(H,66,77)(H,67,78)(H,68,79)(H,69,73)(H,70,74)(H,71,75)(H4,62,63,64)/t40-,41-,42-,43-/m1/s1. The Balaban J connectivity index is 1.57. The van der Waals surface area contributed by atoms with Gasteiger partial charge in [-0.25, -0.2) is 0 Å². The molecule has 450 valence electrons. The van der Waals surface area contributed by atoms with Gasteiger partial charge in [0.15, 0.2) is 5.96 Å². The second-order valence-corrected chi connectivity index (χ2v) is 19.0. The Morgan fingerprint density at radius 2 is 0.735 bits per heavy atom. The molecule has 0 saturated heterocycles. The van der Waals surface area contributed by atoms with Crippen LogP contribution in [0.1, 0.15) is 112 Å². The van der Waals surface area contributed by atoms with Crippen LogP contribution in [0.15, 0.2) is 72.8 Å².